The van der Waals surface area contributed by atoms with Gasteiger partial charge in [-0.2, -0.15) is 26.3 Å². The molecule has 0 aliphatic carbocycles. The van der Waals surface area contributed by atoms with E-state index >= 15 is 0 Å². The van der Waals surface area contributed by atoms with Crippen molar-refractivity contribution in [1.82, 2.24) is 9.55 Å². The summed E-state index contributed by atoms with van der Waals surface area (Å²) in [4.78, 5) is 3.78. The lowest BCUT2D eigenvalue weighted by Gasteiger charge is -2.22. The maximum absolute atomic E-state index is 11.4. The monoisotopic (exact) mass is 362 g/mol. The molecule has 1 aromatic heterocycles. The van der Waals surface area contributed by atoms with E-state index in [1.54, 1.807) is 12.5 Å². The van der Waals surface area contributed by atoms with E-state index in [-0.39, 0.29) is 0 Å². The number of hydrogen-bond donors (Lipinski definition) is 0. The van der Waals surface area contributed by atoms with E-state index in [9.17, 15) is 43.2 Å². The second-order valence-corrected chi connectivity index (χ2v) is 6.57. The summed E-state index contributed by atoms with van der Waals surface area (Å²) in [5, 5.41) is 0. The number of nitrogens with zero attached hydrogens (tertiary/aromatic N) is 3. The van der Waals surface area contributed by atoms with Crippen LogP contribution < -0.4 is 0 Å². The number of aryl methyl sites for hydroxylation is 1. The fourth-order valence-electron chi connectivity index (χ4n) is 0.539. The molecule has 1 heterocycles. The number of sulfonamides is 2. The molecule has 0 fully saturated rings. The first-order valence-corrected chi connectivity index (χ1v) is 7.27. The van der Waals surface area contributed by atoms with Gasteiger partial charge in [-0.25, -0.2) is 21.8 Å². The Morgan fingerprint density at radius 3 is 1.48 bits per heavy atom. The molecule has 1 aromatic rings. The zero-order valence-electron chi connectivity index (χ0n) is 9.79. The van der Waals surface area contributed by atoms with Crippen molar-refractivity contribution < 1.29 is 43.2 Å². The van der Waals surface area contributed by atoms with Crippen molar-refractivity contribution in [3.8, 4) is 0 Å². The minimum absolute atomic E-state index is 0.778. The molecule has 0 aliphatic heterocycles. The maximum Gasteiger partial charge on any atom is 0.480 e. The predicted octanol–water partition coefficient (Wildman–Crippen LogP) is 1.48. The highest BCUT2D eigenvalue weighted by Crippen LogP contribution is 2.36. The van der Waals surface area contributed by atoms with E-state index < -0.39 is 31.1 Å². The topological polar surface area (TPSA) is 100 Å². The standard InChI is InChI=1S/C4H6N2.C2F6NO4S2/c1-6-3-2-5-4-6;3-1(4,5)14(10,11)9-15(12,13)2(6,7)8/h2-4H,1H3;/q;-1. The van der Waals surface area contributed by atoms with Crippen molar-refractivity contribution in [3.05, 3.63) is 22.8 Å². The molecule has 0 spiro atoms. The first-order valence-electron chi connectivity index (χ1n) is 4.39. The van der Waals surface area contributed by atoms with Gasteiger partial charge in [0.05, 0.1) is 6.33 Å². The lowest BCUT2D eigenvalue weighted by atomic mass is 10.9. The van der Waals surface area contributed by atoms with Crippen LogP contribution in [0, 0.1) is 0 Å². The summed E-state index contributed by atoms with van der Waals surface area (Å²) < 4.78 is 111. The Labute approximate surface area is 114 Å². The second kappa shape index (κ2) is 6.18. The van der Waals surface area contributed by atoms with E-state index in [2.05, 4.69) is 4.98 Å². The maximum atomic E-state index is 11.4. The van der Waals surface area contributed by atoms with Crippen LogP contribution in [-0.4, -0.2) is 37.4 Å². The number of aromatic nitrogens is 2. The zero-order valence-corrected chi connectivity index (χ0v) is 11.4. The summed E-state index contributed by atoms with van der Waals surface area (Å²) >= 11 is 0. The van der Waals surface area contributed by atoms with E-state index in [0.717, 1.165) is 4.13 Å². The van der Waals surface area contributed by atoms with Crippen LogP contribution in [0.5, 0.6) is 0 Å². The number of imidazole rings is 1. The van der Waals surface area contributed by atoms with Crippen LogP contribution in [0.1, 0.15) is 0 Å². The van der Waals surface area contributed by atoms with Crippen molar-refractivity contribution >= 4 is 20.0 Å². The number of halogens is 6. The van der Waals surface area contributed by atoms with Gasteiger partial charge in [0.15, 0.2) is 20.0 Å². The molecule has 0 aliphatic rings. The molecule has 0 bridgehead atoms. The molecule has 21 heavy (non-hydrogen) atoms. The van der Waals surface area contributed by atoms with Gasteiger partial charge >= 0.3 is 11.0 Å². The Morgan fingerprint density at radius 2 is 1.33 bits per heavy atom. The predicted molar refractivity (Wildman–Crippen MR) is 56.5 cm³/mol. The lowest BCUT2D eigenvalue weighted by Crippen LogP contribution is -2.30. The van der Waals surface area contributed by atoms with E-state index in [1.165, 1.54) is 0 Å². The van der Waals surface area contributed by atoms with Crippen LogP contribution >= 0.6 is 0 Å². The highest BCUT2D eigenvalue weighted by atomic mass is 32.3. The van der Waals surface area contributed by atoms with E-state index in [4.69, 9.17) is 0 Å². The van der Waals surface area contributed by atoms with Gasteiger partial charge in [-0.1, -0.05) is 0 Å². The normalized spacial score (nSPS) is 13.5. The Balaban J connectivity index is 0.000000547. The molecule has 0 saturated heterocycles. The summed E-state index contributed by atoms with van der Waals surface area (Å²) in [6.07, 6.45) is 5.39. The van der Waals surface area contributed by atoms with Gasteiger partial charge in [0.2, 0.25) is 0 Å². The Bertz CT molecular complexity index is 604. The Hall–Kier alpha value is -1.35. The van der Waals surface area contributed by atoms with Gasteiger partial charge in [0, 0.05) is 19.4 Å². The lowest BCUT2D eigenvalue weighted by molar-refractivity contribution is -0.0444. The molecule has 124 valence electrons. The van der Waals surface area contributed by atoms with Gasteiger partial charge < -0.3 is 8.69 Å². The van der Waals surface area contributed by atoms with Crippen LogP contribution in [0.2, 0.25) is 0 Å². The minimum atomic E-state index is -6.72. The number of hydrogen-bond acceptors (Lipinski definition) is 5. The molecular formula is C6H6F6N3O4S2-. The molecule has 0 atom stereocenters. The van der Waals surface area contributed by atoms with E-state index in [1.807, 2.05) is 17.8 Å². The molecule has 15 heteroatoms. The smallest absolute Gasteiger partial charge is 0.421 e. The van der Waals surface area contributed by atoms with Gasteiger partial charge in [0.25, 0.3) is 0 Å². The van der Waals surface area contributed by atoms with Crippen LogP contribution in [0.4, 0.5) is 26.3 Å². The van der Waals surface area contributed by atoms with Crippen molar-refractivity contribution in [3.63, 3.8) is 0 Å². The summed E-state index contributed by atoms with van der Waals surface area (Å²) in [6.45, 7) is 0. The number of rotatable bonds is 2. The molecular weight excluding hydrogens is 356 g/mol. The summed E-state index contributed by atoms with van der Waals surface area (Å²) in [6, 6.07) is 0. The van der Waals surface area contributed by atoms with Crippen LogP contribution in [0.3, 0.4) is 0 Å². The third kappa shape index (κ3) is 5.88. The third-order valence-electron chi connectivity index (χ3n) is 1.42. The first-order chi connectivity index (χ1) is 9.10. The third-order valence-corrected chi connectivity index (χ3v) is 4.16. The first kappa shape index (κ1) is 19.7. The van der Waals surface area contributed by atoms with Crippen molar-refractivity contribution in [2.24, 2.45) is 7.05 Å². The van der Waals surface area contributed by atoms with Gasteiger partial charge in [-0.05, 0) is 0 Å². The average molecular weight is 362 g/mol. The van der Waals surface area contributed by atoms with Crippen LogP contribution in [0.25, 0.3) is 4.13 Å². The zero-order chi connectivity index (χ0) is 17.1. The SMILES string of the molecule is Cn1ccnc1.O=S(=O)([N-]S(=O)(=O)C(F)(F)F)C(F)(F)F. The van der Waals surface area contributed by atoms with Crippen molar-refractivity contribution in [2.75, 3.05) is 0 Å². The molecule has 1 rings (SSSR count). The van der Waals surface area contributed by atoms with E-state index in [0.29, 0.717) is 0 Å². The molecule has 0 N–H and O–H groups in total. The summed E-state index contributed by atoms with van der Waals surface area (Å²) in [5.41, 5.74) is -12.4. The highest BCUT2D eigenvalue weighted by molar-refractivity contribution is 8.13. The number of alkyl halides is 6. The molecule has 0 amide bonds. The fraction of sp³-hybridized carbons (Fsp3) is 0.500. The Morgan fingerprint density at radius 1 is 0.952 bits per heavy atom. The molecule has 0 saturated carbocycles. The van der Waals surface area contributed by atoms with Crippen molar-refractivity contribution in [2.45, 2.75) is 11.0 Å². The average Bonchev–Trinajstić information content (AvgIpc) is 2.64. The summed E-state index contributed by atoms with van der Waals surface area (Å²) in [5.74, 6) is 0. The largest absolute Gasteiger partial charge is 0.480 e. The quantitative estimate of drug-likeness (QED) is 0.742. The van der Waals surface area contributed by atoms with Gasteiger partial charge in [-0.15, -0.1) is 0 Å². The van der Waals surface area contributed by atoms with Crippen LogP contribution in [-0.2, 0) is 27.1 Å². The molecule has 7 nitrogen and oxygen atoms in total. The summed E-state index contributed by atoms with van der Waals surface area (Å²) in [7, 11) is -11.5. The second-order valence-electron chi connectivity index (χ2n) is 3.14. The molecule has 0 unspecified atom stereocenters. The Kier molecular flexibility index (Phi) is 5.79. The highest BCUT2D eigenvalue weighted by Gasteiger charge is 2.46. The van der Waals surface area contributed by atoms with Gasteiger partial charge in [-0.3, -0.25) is 0 Å². The van der Waals surface area contributed by atoms with Gasteiger partial charge in [0.1, 0.15) is 0 Å². The van der Waals surface area contributed by atoms with Crippen molar-refractivity contribution in [1.29, 1.82) is 0 Å². The molecule has 0 aromatic carbocycles. The minimum Gasteiger partial charge on any atom is -0.421 e. The van der Waals surface area contributed by atoms with Crippen LogP contribution in [0.15, 0.2) is 18.7 Å². The fourth-order valence-corrected chi connectivity index (χ4v) is 2.25. The molecule has 0 radical (unpaired) electrons.